The average Bonchev–Trinajstić information content (AvgIpc) is 2.55. The Hall–Kier alpha value is -0.530. The molecule has 2 heteroatoms. The van der Waals surface area contributed by atoms with Gasteiger partial charge in [0, 0.05) is 5.56 Å². The number of hydrogen-bond acceptors (Lipinski definition) is 0. The van der Waals surface area contributed by atoms with Crippen molar-refractivity contribution in [3.05, 3.63) is 35.9 Å². The van der Waals surface area contributed by atoms with Crippen LogP contribution in [0.25, 0.3) is 0 Å². The third kappa shape index (κ3) is 5.64. The van der Waals surface area contributed by atoms with Crippen LogP contribution in [0, 0.1) is 0 Å². The highest BCUT2D eigenvalue weighted by molar-refractivity contribution is 6.19. The molecule has 0 aliphatic rings. The molecule has 21 heavy (non-hydrogen) atoms. The fourth-order valence-corrected chi connectivity index (χ4v) is 3.46. The molecule has 1 nitrogen and oxygen atoms in total. The smallest absolute Gasteiger partial charge is 0.190 e. The van der Waals surface area contributed by atoms with Gasteiger partial charge in [0.1, 0.15) is 0 Å². The summed E-state index contributed by atoms with van der Waals surface area (Å²) in [6, 6.07) is 10.7. The lowest BCUT2D eigenvalue weighted by Gasteiger charge is -2.43. The lowest BCUT2D eigenvalue weighted by molar-refractivity contribution is -0.945. The van der Waals surface area contributed by atoms with Gasteiger partial charge in [-0.1, -0.05) is 82.0 Å². The molecule has 0 bridgehead atoms. The second kappa shape index (κ2) is 10.2. The first-order valence-corrected chi connectivity index (χ1v) is 9.18. The number of hydrogen-bond donors (Lipinski definition) is 0. The fourth-order valence-electron chi connectivity index (χ4n) is 3.02. The summed E-state index contributed by atoms with van der Waals surface area (Å²) >= 11 is 7.01. The molecule has 1 aromatic rings. The second-order valence-corrected chi connectivity index (χ2v) is 6.61. The minimum absolute atomic E-state index is 0.0934. The van der Waals surface area contributed by atoms with Gasteiger partial charge < -0.3 is 4.48 Å². The van der Waals surface area contributed by atoms with Gasteiger partial charge in [-0.3, -0.25) is 0 Å². The summed E-state index contributed by atoms with van der Waals surface area (Å²) in [4.78, 5) is 0. The molecule has 0 spiro atoms. The first kappa shape index (κ1) is 18.5. The normalized spacial score (nSPS) is 13.3. The van der Waals surface area contributed by atoms with E-state index in [1.807, 2.05) is 0 Å². The zero-order valence-corrected chi connectivity index (χ0v) is 14.9. The number of quaternary nitrogens is 1. The summed E-state index contributed by atoms with van der Waals surface area (Å²) in [5.74, 6) is 0. The van der Waals surface area contributed by atoms with Crippen molar-refractivity contribution in [3.63, 3.8) is 0 Å². The molecule has 1 rings (SSSR count). The van der Waals surface area contributed by atoms with Gasteiger partial charge in [-0.05, 0) is 19.3 Å². The van der Waals surface area contributed by atoms with Gasteiger partial charge in [0.05, 0.1) is 19.6 Å². The number of unbranched alkanes of at least 4 members (excludes halogenated alkanes) is 3. The summed E-state index contributed by atoms with van der Waals surface area (Å²) in [6.07, 6.45) is 7.54. The van der Waals surface area contributed by atoms with E-state index in [9.17, 15) is 0 Å². The van der Waals surface area contributed by atoms with Crippen molar-refractivity contribution in [2.24, 2.45) is 0 Å². The van der Waals surface area contributed by atoms with Crippen LogP contribution in [0.4, 0.5) is 0 Å². The van der Waals surface area contributed by atoms with Crippen LogP contribution in [0.1, 0.15) is 70.4 Å². The predicted molar refractivity (Wildman–Crippen MR) is 94.6 cm³/mol. The zero-order valence-electron chi connectivity index (χ0n) is 14.2. The Labute approximate surface area is 136 Å². The number of rotatable bonds is 11. The predicted octanol–water partition coefficient (Wildman–Crippen LogP) is 6.14. The van der Waals surface area contributed by atoms with E-state index in [4.69, 9.17) is 11.6 Å². The van der Waals surface area contributed by atoms with E-state index in [-0.39, 0.29) is 5.50 Å². The molecule has 0 fully saturated rings. The molecule has 1 unspecified atom stereocenters. The summed E-state index contributed by atoms with van der Waals surface area (Å²) in [7, 11) is 0. The Bertz CT molecular complexity index is 341. The largest absolute Gasteiger partial charge is 0.305 e. The fraction of sp³-hybridized carbons (Fsp3) is 0.684. The molecule has 1 aromatic carbocycles. The minimum Gasteiger partial charge on any atom is -0.305 e. The molecule has 120 valence electrons. The van der Waals surface area contributed by atoms with Crippen molar-refractivity contribution in [2.45, 2.75) is 64.8 Å². The molecule has 0 N–H and O–H groups in total. The lowest BCUT2D eigenvalue weighted by Crippen LogP contribution is -2.51. The highest BCUT2D eigenvalue weighted by atomic mass is 35.5. The summed E-state index contributed by atoms with van der Waals surface area (Å²) in [5, 5.41) is 0. The highest BCUT2D eigenvalue weighted by Crippen LogP contribution is 2.34. The SMILES string of the molecule is CCCC[N+](CCCC)(CCCC)C(Cl)c1ccccc1. The number of nitrogens with zero attached hydrogens (tertiary/aromatic N) is 1. The minimum atomic E-state index is 0.0934. The van der Waals surface area contributed by atoms with Gasteiger partial charge in [0.2, 0.25) is 0 Å². The number of alkyl halides is 1. The first-order chi connectivity index (χ1) is 10.2. The summed E-state index contributed by atoms with van der Waals surface area (Å²) in [5.41, 5.74) is 1.37. The molecule has 0 saturated carbocycles. The molecule has 0 saturated heterocycles. The van der Waals surface area contributed by atoms with Crippen molar-refractivity contribution in [3.8, 4) is 0 Å². The van der Waals surface area contributed by atoms with Crippen LogP contribution in [-0.4, -0.2) is 24.1 Å². The maximum atomic E-state index is 7.01. The average molecular weight is 311 g/mol. The molecule has 0 aliphatic carbocycles. The Morgan fingerprint density at radius 2 is 1.24 bits per heavy atom. The molecule has 0 aliphatic heterocycles. The van der Waals surface area contributed by atoms with Crippen LogP contribution in [0.2, 0.25) is 0 Å². The van der Waals surface area contributed by atoms with Crippen LogP contribution in [-0.2, 0) is 0 Å². The molecule has 0 aromatic heterocycles. The topological polar surface area (TPSA) is 0 Å². The van der Waals surface area contributed by atoms with Crippen molar-refractivity contribution in [1.29, 1.82) is 0 Å². The molecular weight excluding hydrogens is 278 g/mol. The van der Waals surface area contributed by atoms with Gasteiger partial charge in [0.25, 0.3) is 0 Å². The van der Waals surface area contributed by atoms with Crippen LogP contribution >= 0.6 is 11.6 Å². The van der Waals surface area contributed by atoms with E-state index in [2.05, 4.69) is 51.1 Å². The number of halogens is 1. The van der Waals surface area contributed by atoms with Crippen molar-refractivity contribution < 1.29 is 4.48 Å². The van der Waals surface area contributed by atoms with Gasteiger partial charge in [-0.25, -0.2) is 0 Å². The van der Waals surface area contributed by atoms with Gasteiger partial charge in [0.15, 0.2) is 5.50 Å². The molecular formula is C19H33ClN+. The Kier molecular flexibility index (Phi) is 9.03. The van der Waals surface area contributed by atoms with Crippen LogP contribution in [0.3, 0.4) is 0 Å². The van der Waals surface area contributed by atoms with Crippen molar-refractivity contribution in [1.82, 2.24) is 0 Å². The number of benzene rings is 1. The van der Waals surface area contributed by atoms with Crippen molar-refractivity contribution in [2.75, 3.05) is 19.6 Å². The highest BCUT2D eigenvalue weighted by Gasteiger charge is 2.35. The standard InChI is InChI=1S/C19H33ClN/c1-4-7-15-21(16-8-5-2,17-9-6-3)19(20)18-13-11-10-12-14-18/h10-14,19H,4-9,15-17H2,1-3H3/q+1. The second-order valence-electron chi connectivity index (χ2n) is 6.20. The molecule has 0 heterocycles. The Balaban J connectivity index is 2.99. The van der Waals surface area contributed by atoms with E-state index < -0.39 is 0 Å². The van der Waals surface area contributed by atoms with Crippen molar-refractivity contribution >= 4 is 11.6 Å². The van der Waals surface area contributed by atoms with Gasteiger partial charge in [-0.15, -0.1) is 0 Å². The van der Waals surface area contributed by atoms with Crippen LogP contribution in [0.15, 0.2) is 30.3 Å². The van der Waals surface area contributed by atoms with E-state index in [0.29, 0.717) is 0 Å². The van der Waals surface area contributed by atoms with E-state index in [1.165, 1.54) is 63.7 Å². The third-order valence-corrected chi connectivity index (χ3v) is 5.09. The van der Waals surface area contributed by atoms with Crippen LogP contribution in [0.5, 0.6) is 0 Å². The first-order valence-electron chi connectivity index (χ1n) is 8.75. The monoisotopic (exact) mass is 310 g/mol. The van der Waals surface area contributed by atoms with E-state index in [1.54, 1.807) is 0 Å². The van der Waals surface area contributed by atoms with Gasteiger partial charge >= 0.3 is 0 Å². The zero-order chi connectivity index (χ0) is 15.6. The van der Waals surface area contributed by atoms with E-state index >= 15 is 0 Å². The lowest BCUT2D eigenvalue weighted by atomic mass is 10.1. The maximum Gasteiger partial charge on any atom is 0.190 e. The third-order valence-electron chi connectivity index (χ3n) is 4.43. The Morgan fingerprint density at radius 3 is 1.62 bits per heavy atom. The quantitative estimate of drug-likeness (QED) is 0.261. The summed E-state index contributed by atoms with van der Waals surface area (Å²) in [6.45, 7) is 10.5. The summed E-state index contributed by atoms with van der Waals surface area (Å²) < 4.78 is 1.06. The van der Waals surface area contributed by atoms with Crippen LogP contribution < -0.4 is 0 Å². The maximum absolute atomic E-state index is 7.01. The van der Waals surface area contributed by atoms with Gasteiger partial charge in [-0.2, -0.15) is 0 Å². The molecule has 0 amide bonds. The Morgan fingerprint density at radius 1 is 0.810 bits per heavy atom. The molecule has 0 radical (unpaired) electrons. The van der Waals surface area contributed by atoms with E-state index in [0.717, 1.165) is 4.48 Å². The molecule has 1 atom stereocenters.